The molecule has 122 valence electrons. The summed E-state index contributed by atoms with van der Waals surface area (Å²) in [4.78, 5) is 13.6. The molecule has 0 aliphatic carbocycles. The molecule has 1 N–H and O–H groups in total. The van der Waals surface area contributed by atoms with Gasteiger partial charge in [-0.25, -0.2) is 0 Å². The summed E-state index contributed by atoms with van der Waals surface area (Å²) in [5.41, 5.74) is 4.81. The summed E-state index contributed by atoms with van der Waals surface area (Å²) in [6.45, 7) is 5.92. The Kier molecular flexibility index (Phi) is 5.83. The van der Waals surface area contributed by atoms with Gasteiger partial charge in [0.05, 0.1) is 0 Å². The van der Waals surface area contributed by atoms with Crippen molar-refractivity contribution in [3.63, 3.8) is 0 Å². The summed E-state index contributed by atoms with van der Waals surface area (Å²) >= 11 is 1.65. The number of anilines is 1. The number of nitrogens with one attached hydrogen (secondary N) is 1. The molecule has 0 aliphatic rings. The fourth-order valence-electron chi connectivity index (χ4n) is 2.57. The largest absolute Gasteiger partial charge is 0.321 e. The van der Waals surface area contributed by atoms with E-state index in [9.17, 15) is 10.1 Å². The highest BCUT2D eigenvalue weighted by Crippen LogP contribution is 2.23. The molecule has 2 aromatic carbocycles. The number of nitrogens with zero attached hydrogens (tertiary/aromatic N) is 1. The van der Waals surface area contributed by atoms with Gasteiger partial charge in [0.25, 0.3) is 5.91 Å². The molecule has 2 aromatic rings. The van der Waals surface area contributed by atoms with Crippen LogP contribution in [0.5, 0.6) is 0 Å². The number of carbonyl (C=O) groups is 1. The fraction of sp³-hybridized carbons (Fsp3) is 0.200. The van der Waals surface area contributed by atoms with E-state index in [4.69, 9.17) is 0 Å². The number of carbonyl (C=O) groups excluding carboxylic acids is 1. The second kappa shape index (κ2) is 7.85. The van der Waals surface area contributed by atoms with Gasteiger partial charge in [-0.2, -0.15) is 5.26 Å². The Balaban J connectivity index is 2.26. The maximum Gasteiger partial charge on any atom is 0.266 e. The Hall–Kier alpha value is -2.51. The quantitative estimate of drug-likeness (QED) is 0.492. The molecule has 2 rings (SSSR count). The van der Waals surface area contributed by atoms with Crippen molar-refractivity contribution in [2.45, 2.75) is 25.7 Å². The van der Waals surface area contributed by atoms with Gasteiger partial charge in [0.1, 0.15) is 11.6 Å². The Morgan fingerprint density at radius 2 is 1.71 bits per heavy atom. The highest BCUT2D eigenvalue weighted by atomic mass is 32.2. The molecular formula is C20H20N2OS. The van der Waals surface area contributed by atoms with E-state index in [1.54, 1.807) is 17.8 Å². The summed E-state index contributed by atoms with van der Waals surface area (Å²) in [7, 11) is 0. The van der Waals surface area contributed by atoms with E-state index < -0.39 is 0 Å². The first kappa shape index (κ1) is 17.8. The minimum Gasteiger partial charge on any atom is -0.321 e. The van der Waals surface area contributed by atoms with E-state index >= 15 is 0 Å². The van der Waals surface area contributed by atoms with Crippen LogP contribution in [0.3, 0.4) is 0 Å². The lowest BCUT2D eigenvalue weighted by atomic mass is 10.0. The van der Waals surface area contributed by atoms with Crippen molar-refractivity contribution in [3.8, 4) is 6.07 Å². The number of nitriles is 1. The minimum atomic E-state index is -0.388. The Morgan fingerprint density at radius 3 is 2.21 bits per heavy atom. The first-order valence-corrected chi connectivity index (χ1v) is 8.82. The molecule has 0 saturated heterocycles. The van der Waals surface area contributed by atoms with Crippen molar-refractivity contribution in [2.75, 3.05) is 11.6 Å². The molecule has 24 heavy (non-hydrogen) atoms. The van der Waals surface area contributed by atoms with Crippen LogP contribution >= 0.6 is 11.8 Å². The molecule has 0 heterocycles. The molecule has 4 heteroatoms. The maximum absolute atomic E-state index is 12.5. The van der Waals surface area contributed by atoms with Gasteiger partial charge < -0.3 is 5.32 Å². The molecule has 0 aliphatic heterocycles. The van der Waals surface area contributed by atoms with Gasteiger partial charge >= 0.3 is 0 Å². The first-order valence-electron chi connectivity index (χ1n) is 7.59. The van der Waals surface area contributed by atoms with Crippen LogP contribution < -0.4 is 5.32 Å². The van der Waals surface area contributed by atoms with E-state index in [0.29, 0.717) is 0 Å². The molecule has 0 bridgehead atoms. The number of hydrogen-bond acceptors (Lipinski definition) is 3. The van der Waals surface area contributed by atoms with Crippen LogP contribution in [0.25, 0.3) is 6.08 Å². The highest BCUT2D eigenvalue weighted by Gasteiger charge is 2.12. The zero-order valence-corrected chi connectivity index (χ0v) is 15.1. The van der Waals surface area contributed by atoms with E-state index in [-0.39, 0.29) is 11.5 Å². The second-order valence-electron chi connectivity index (χ2n) is 5.67. The van der Waals surface area contributed by atoms with Crippen molar-refractivity contribution in [2.24, 2.45) is 0 Å². The average molecular weight is 336 g/mol. The van der Waals surface area contributed by atoms with Crippen LogP contribution in [0, 0.1) is 32.1 Å². The van der Waals surface area contributed by atoms with E-state index in [2.05, 4.69) is 5.32 Å². The van der Waals surface area contributed by atoms with Gasteiger partial charge in [-0.3, -0.25) is 4.79 Å². The normalized spacial score (nSPS) is 11.0. The van der Waals surface area contributed by atoms with Crippen molar-refractivity contribution >= 4 is 29.4 Å². The van der Waals surface area contributed by atoms with Gasteiger partial charge in [0.2, 0.25) is 0 Å². The average Bonchev–Trinajstić information content (AvgIpc) is 2.56. The molecule has 0 unspecified atom stereocenters. The number of rotatable bonds is 4. The number of benzene rings is 2. The Morgan fingerprint density at radius 1 is 1.12 bits per heavy atom. The summed E-state index contributed by atoms with van der Waals surface area (Å²) in [6, 6.07) is 13.8. The van der Waals surface area contributed by atoms with Crippen LogP contribution in [0.2, 0.25) is 0 Å². The van der Waals surface area contributed by atoms with Crippen molar-refractivity contribution in [1.82, 2.24) is 0 Å². The third-order valence-electron chi connectivity index (χ3n) is 3.71. The lowest BCUT2D eigenvalue weighted by molar-refractivity contribution is -0.112. The second-order valence-corrected chi connectivity index (χ2v) is 6.55. The van der Waals surface area contributed by atoms with Crippen molar-refractivity contribution in [3.05, 3.63) is 64.2 Å². The smallest absolute Gasteiger partial charge is 0.266 e. The predicted octanol–water partition coefficient (Wildman–Crippen LogP) is 4.88. The van der Waals surface area contributed by atoms with Gasteiger partial charge in [0, 0.05) is 10.6 Å². The molecule has 0 atom stereocenters. The van der Waals surface area contributed by atoms with Crippen LogP contribution in [0.1, 0.15) is 22.3 Å². The van der Waals surface area contributed by atoms with Crippen LogP contribution in [0.15, 0.2) is 46.9 Å². The Bertz CT molecular complexity index is 807. The highest BCUT2D eigenvalue weighted by molar-refractivity contribution is 7.98. The molecule has 0 spiro atoms. The van der Waals surface area contributed by atoms with Gasteiger partial charge in [-0.1, -0.05) is 29.8 Å². The van der Waals surface area contributed by atoms with Gasteiger partial charge in [-0.15, -0.1) is 11.8 Å². The molecule has 0 radical (unpaired) electrons. The minimum absolute atomic E-state index is 0.0891. The standard InChI is InChI=1S/C20H20N2OS/c1-13-9-14(2)19(15(3)10-13)22-20(23)17(12-21)11-16-5-7-18(24-4)8-6-16/h5-11H,1-4H3,(H,22,23)/b17-11+. The zero-order valence-electron chi connectivity index (χ0n) is 14.3. The monoisotopic (exact) mass is 336 g/mol. The SMILES string of the molecule is CSc1ccc(/C=C(\C#N)C(=O)Nc2c(C)cc(C)cc2C)cc1. The van der Waals surface area contributed by atoms with Gasteiger partial charge in [0.15, 0.2) is 0 Å². The third kappa shape index (κ3) is 4.27. The third-order valence-corrected chi connectivity index (χ3v) is 4.45. The molecule has 3 nitrogen and oxygen atoms in total. The van der Waals surface area contributed by atoms with Crippen molar-refractivity contribution < 1.29 is 4.79 Å². The maximum atomic E-state index is 12.5. The fourth-order valence-corrected chi connectivity index (χ4v) is 2.98. The molecular weight excluding hydrogens is 316 g/mol. The number of hydrogen-bond donors (Lipinski definition) is 1. The summed E-state index contributed by atoms with van der Waals surface area (Å²) in [5, 5.41) is 12.2. The first-order chi connectivity index (χ1) is 11.4. The summed E-state index contributed by atoms with van der Waals surface area (Å²) in [5.74, 6) is -0.388. The van der Waals surface area contributed by atoms with Crippen LogP contribution in [0.4, 0.5) is 5.69 Å². The molecule has 1 amide bonds. The Labute approximate surface area is 147 Å². The molecule has 0 aromatic heterocycles. The van der Waals surface area contributed by atoms with Crippen LogP contribution in [-0.2, 0) is 4.79 Å². The lowest BCUT2D eigenvalue weighted by Crippen LogP contribution is -2.15. The van der Waals surface area contributed by atoms with E-state index in [1.165, 1.54) is 0 Å². The summed E-state index contributed by atoms with van der Waals surface area (Å²) < 4.78 is 0. The molecule has 0 fully saturated rings. The summed E-state index contributed by atoms with van der Waals surface area (Å²) in [6.07, 6.45) is 3.61. The van der Waals surface area contributed by atoms with Crippen LogP contribution in [-0.4, -0.2) is 12.2 Å². The van der Waals surface area contributed by atoms with E-state index in [0.717, 1.165) is 32.8 Å². The van der Waals surface area contributed by atoms with Gasteiger partial charge in [-0.05, 0) is 61.9 Å². The lowest BCUT2D eigenvalue weighted by Gasteiger charge is -2.12. The number of thioether (sulfide) groups is 1. The number of amides is 1. The molecule has 0 saturated carbocycles. The zero-order chi connectivity index (χ0) is 17.7. The topological polar surface area (TPSA) is 52.9 Å². The predicted molar refractivity (Wildman–Crippen MR) is 101 cm³/mol. The number of aryl methyl sites for hydroxylation is 3. The van der Waals surface area contributed by atoms with E-state index in [1.807, 2.05) is 69.5 Å². The van der Waals surface area contributed by atoms with Crippen molar-refractivity contribution in [1.29, 1.82) is 5.26 Å².